The maximum atomic E-state index is 11.9. The van der Waals surface area contributed by atoms with Crippen LogP contribution in [0.4, 0.5) is 0 Å². The normalized spacial score (nSPS) is 12.3. The number of hydrogen-bond acceptors (Lipinski definition) is 3. The van der Waals surface area contributed by atoms with E-state index in [-0.39, 0.29) is 5.91 Å². The van der Waals surface area contributed by atoms with Crippen molar-refractivity contribution < 1.29 is 13.2 Å². The smallest absolute Gasteiger partial charge is 0.220 e. The van der Waals surface area contributed by atoms with E-state index in [1.54, 1.807) is 20.8 Å². The van der Waals surface area contributed by atoms with Gasteiger partial charge in [0.05, 0.1) is 4.75 Å². The van der Waals surface area contributed by atoms with Crippen LogP contribution in [-0.2, 0) is 21.4 Å². The average molecular weight is 377 g/mol. The third kappa shape index (κ3) is 5.81. The Morgan fingerprint density at radius 3 is 2.38 bits per heavy atom. The fourth-order valence-corrected chi connectivity index (χ4v) is 3.32. The zero-order valence-electron chi connectivity index (χ0n) is 15.7. The minimum atomic E-state index is -3.31. The number of nitrogens with one attached hydrogen (secondary N) is 2. The van der Waals surface area contributed by atoms with Gasteiger partial charge in [-0.2, -0.15) is 0 Å². The predicted octanol–water partition coefficient (Wildman–Crippen LogP) is 3.34. The van der Waals surface area contributed by atoms with Crippen LogP contribution < -0.4 is 10.0 Å². The first-order valence-electron chi connectivity index (χ1n) is 8.93. The number of amides is 1. The summed E-state index contributed by atoms with van der Waals surface area (Å²) in [4.78, 5) is 11.9. The van der Waals surface area contributed by atoms with Crippen LogP contribution in [0.1, 0.15) is 45.6 Å². The number of fused-ring (bicyclic) bond motifs is 1. The fraction of sp³-hybridized carbons (Fsp3) is 0.450. The number of unbranched alkanes of at least 4 members (excludes halogenated alkanes) is 1. The van der Waals surface area contributed by atoms with Crippen molar-refractivity contribution in [2.45, 2.75) is 51.3 Å². The molecule has 26 heavy (non-hydrogen) atoms. The van der Waals surface area contributed by atoms with Crippen molar-refractivity contribution in [3.63, 3.8) is 0 Å². The van der Waals surface area contributed by atoms with E-state index in [0.717, 1.165) is 10.9 Å². The fourth-order valence-electron chi connectivity index (χ4n) is 2.47. The Morgan fingerprint density at radius 1 is 1.00 bits per heavy atom. The summed E-state index contributed by atoms with van der Waals surface area (Å²) in [6, 6.07) is 14.3. The molecule has 0 aromatic heterocycles. The summed E-state index contributed by atoms with van der Waals surface area (Å²) >= 11 is 0. The molecule has 6 heteroatoms. The monoisotopic (exact) mass is 376 g/mol. The molecule has 5 nitrogen and oxygen atoms in total. The summed E-state index contributed by atoms with van der Waals surface area (Å²) in [6.45, 7) is 5.85. The molecule has 0 fully saturated rings. The standard InChI is InChI=1S/C20H28N2O3S/c1-20(2,3)26(24,25)22-13-7-6-10-19(23)21-15-16-11-12-17-8-4-5-9-18(17)14-16/h4-5,8-9,11-12,14,22H,6-7,10,13,15H2,1-3H3,(H,21,23). The van der Waals surface area contributed by atoms with Gasteiger partial charge in [-0.1, -0.05) is 36.4 Å². The largest absolute Gasteiger partial charge is 0.352 e. The first kappa shape index (κ1) is 20.4. The number of sulfonamides is 1. The second-order valence-electron chi connectivity index (χ2n) is 7.43. The Morgan fingerprint density at radius 2 is 1.69 bits per heavy atom. The van der Waals surface area contributed by atoms with Crippen LogP contribution in [0.15, 0.2) is 42.5 Å². The first-order valence-corrected chi connectivity index (χ1v) is 10.4. The predicted molar refractivity (Wildman–Crippen MR) is 106 cm³/mol. The topological polar surface area (TPSA) is 75.3 Å². The second-order valence-corrected chi connectivity index (χ2v) is 9.95. The summed E-state index contributed by atoms with van der Waals surface area (Å²) in [6.07, 6.45) is 1.68. The molecular formula is C20H28N2O3S. The van der Waals surface area contributed by atoms with Gasteiger partial charge in [0, 0.05) is 19.5 Å². The Hall–Kier alpha value is -1.92. The van der Waals surface area contributed by atoms with Gasteiger partial charge in [-0.25, -0.2) is 13.1 Å². The molecule has 2 aromatic carbocycles. The highest BCUT2D eigenvalue weighted by Crippen LogP contribution is 2.15. The van der Waals surface area contributed by atoms with E-state index >= 15 is 0 Å². The van der Waals surface area contributed by atoms with E-state index in [2.05, 4.69) is 34.3 Å². The van der Waals surface area contributed by atoms with Crippen molar-refractivity contribution in [2.24, 2.45) is 0 Å². The van der Waals surface area contributed by atoms with Crippen molar-refractivity contribution in [3.05, 3.63) is 48.0 Å². The molecular weight excluding hydrogens is 348 g/mol. The van der Waals surface area contributed by atoms with Gasteiger partial charge in [-0.05, 0) is 56.0 Å². The van der Waals surface area contributed by atoms with Crippen molar-refractivity contribution in [3.8, 4) is 0 Å². The molecule has 142 valence electrons. The Bertz CT molecular complexity index is 855. The number of hydrogen-bond donors (Lipinski definition) is 2. The number of rotatable bonds is 8. The van der Waals surface area contributed by atoms with E-state index in [1.807, 2.05) is 18.2 Å². The lowest BCUT2D eigenvalue weighted by Crippen LogP contribution is -2.39. The molecule has 0 saturated heterocycles. The van der Waals surface area contributed by atoms with Crippen LogP contribution in [0.25, 0.3) is 10.8 Å². The molecule has 0 saturated carbocycles. The van der Waals surface area contributed by atoms with Gasteiger partial charge in [0.15, 0.2) is 0 Å². The molecule has 2 rings (SSSR count). The van der Waals surface area contributed by atoms with Crippen molar-refractivity contribution in [1.29, 1.82) is 0 Å². The summed E-state index contributed by atoms with van der Waals surface area (Å²) in [5, 5.41) is 5.26. The summed E-state index contributed by atoms with van der Waals surface area (Å²) < 4.78 is 25.6. The van der Waals surface area contributed by atoms with E-state index in [0.29, 0.717) is 32.4 Å². The highest BCUT2D eigenvalue weighted by molar-refractivity contribution is 7.90. The zero-order chi connectivity index (χ0) is 19.2. The van der Waals surface area contributed by atoms with Crippen LogP contribution in [0.5, 0.6) is 0 Å². The van der Waals surface area contributed by atoms with Crippen LogP contribution in [0, 0.1) is 0 Å². The van der Waals surface area contributed by atoms with Gasteiger partial charge in [0.1, 0.15) is 0 Å². The molecule has 0 aliphatic heterocycles. The lowest BCUT2D eigenvalue weighted by molar-refractivity contribution is -0.121. The van der Waals surface area contributed by atoms with Gasteiger partial charge >= 0.3 is 0 Å². The van der Waals surface area contributed by atoms with Crippen molar-refractivity contribution in [2.75, 3.05) is 6.54 Å². The maximum absolute atomic E-state index is 11.9. The molecule has 0 unspecified atom stereocenters. The first-order chi connectivity index (χ1) is 12.2. The molecule has 0 aliphatic carbocycles. The van der Waals surface area contributed by atoms with Crippen LogP contribution in [-0.4, -0.2) is 25.6 Å². The minimum Gasteiger partial charge on any atom is -0.352 e. The van der Waals surface area contributed by atoms with Gasteiger partial charge in [0.25, 0.3) is 0 Å². The molecule has 1 amide bonds. The molecule has 0 aliphatic rings. The molecule has 2 N–H and O–H groups in total. The van der Waals surface area contributed by atoms with E-state index in [9.17, 15) is 13.2 Å². The van der Waals surface area contributed by atoms with Gasteiger partial charge in [0.2, 0.25) is 15.9 Å². The highest BCUT2D eigenvalue weighted by Gasteiger charge is 2.27. The van der Waals surface area contributed by atoms with E-state index in [1.165, 1.54) is 5.39 Å². The number of benzene rings is 2. The third-order valence-electron chi connectivity index (χ3n) is 4.23. The molecule has 0 spiro atoms. The van der Waals surface area contributed by atoms with Crippen LogP contribution >= 0.6 is 0 Å². The van der Waals surface area contributed by atoms with E-state index < -0.39 is 14.8 Å². The van der Waals surface area contributed by atoms with Gasteiger partial charge < -0.3 is 5.32 Å². The Kier molecular flexibility index (Phi) is 6.78. The Labute approximate surface area is 156 Å². The summed E-state index contributed by atoms with van der Waals surface area (Å²) in [7, 11) is -3.31. The molecule has 0 heterocycles. The highest BCUT2D eigenvalue weighted by atomic mass is 32.2. The zero-order valence-corrected chi connectivity index (χ0v) is 16.5. The van der Waals surface area contributed by atoms with Crippen molar-refractivity contribution >= 4 is 26.7 Å². The summed E-state index contributed by atoms with van der Waals surface area (Å²) in [5.74, 6) is -0.0168. The quantitative estimate of drug-likeness (QED) is 0.694. The maximum Gasteiger partial charge on any atom is 0.220 e. The minimum absolute atomic E-state index is 0.0168. The van der Waals surface area contributed by atoms with Crippen LogP contribution in [0.3, 0.4) is 0 Å². The number of carbonyl (C=O) groups is 1. The lowest BCUT2D eigenvalue weighted by atomic mass is 10.1. The van der Waals surface area contributed by atoms with Gasteiger partial charge in [-0.15, -0.1) is 0 Å². The van der Waals surface area contributed by atoms with E-state index in [4.69, 9.17) is 0 Å². The Balaban J connectivity index is 1.69. The molecule has 2 aromatic rings. The van der Waals surface area contributed by atoms with Crippen molar-refractivity contribution in [1.82, 2.24) is 10.0 Å². The molecule has 0 radical (unpaired) electrons. The average Bonchev–Trinajstić information content (AvgIpc) is 2.58. The lowest BCUT2D eigenvalue weighted by Gasteiger charge is -2.19. The number of carbonyl (C=O) groups excluding carboxylic acids is 1. The second kappa shape index (κ2) is 8.64. The molecule has 0 atom stereocenters. The SMILES string of the molecule is CC(C)(C)S(=O)(=O)NCCCCC(=O)NCc1ccc2ccccc2c1. The van der Waals surface area contributed by atoms with Gasteiger partial charge in [-0.3, -0.25) is 4.79 Å². The third-order valence-corrected chi connectivity index (χ3v) is 6.43. The van der Waals surface area contributed by atoms with Crippen LogP contribution in [0.2, 0.25) is 0 Å². The molecule has 0 bridgehead atoms. The summed E-state index contributed by atoms with van der Waals surface area (Å²) in [5.41, 5.74) is 1.06.